The summed E-state index contributed by atoms with van der Waals surface area (Å²) in [5, 5.41) is 0. The monoisotopic (exact) mass is 150 g/mol. The number of rotatable bonds is 2. The highest BCUT2D eigenvalue weighted by Gasteiger charge is 2.10. The van der Waals surface area contributed by atoms with E-state index in [1.54, 1.807) is 0 Å². The Kier molecular flexibility index (Phi) is 1.95. The van der Waals surface area contributed by atoms with Gasteiger partial charge < -0.3 is 4.57 Å². The molecule has 1 saturated heterocycles. The third-order valence-corrected chi connectivity index (χ3v) is 2.23. The van der Waals surface area contributed by atoms with Crippen LogP contribution in [-0.2, 0) is 6.67 Å². The normalized spacial score (nSPS) is 19.3. The minimum Gasteiger partial charge on any atom is -0.341 e. The van der Waals surface area contributed by atoms with Crippen LogP contribution < -0.4 is 0 Å². The summed E-state index contributed by atoms with van der Waals surface area (Å²) in [6.07, 6.45) is 7.00. The van der Waals surface area contributed by atoms with E-state index < -0.39 is 0 Å². The molecule has 11 heavy (non-hydrogen) atoms. The van der Waals surface area contributed by atoms with Crippen molar-refractivity contribution in [2.75, 3.05) is 13.1 Å². The van der Waals surface area contributed by atoms with Crippen molar-refractivity contribution in [1.82, 2.24) is 9.47 Å². The molecule has 1 fully saturated rings. The van der Waals surface area contributed by atoms with Gasteiger partial charge in [-0.1, -0.05) is 0 Å². The van der Waals surface area contributed by atoms with Crippen molar-refractivity contribution < 1.29 is 0 Å². The Morgan fingerprint density at radius 1 is 1.00 bits per heavy atom. The molecule has 60 valence electrons. The van der Waals surface area contributed by atoms with Gasteiger partial charge in [-0.05, 0) is 38.1 Å². The summed E-state index contributed by atoms with van der Waals surface area (Å²) in [7, 11) is 0. The van der Waals surface area contributed by atoms with E-state index >= 15 is 0 Å². The van der Waals surface area contributed by atoms with Gasteiger partial charge >= 0.3 is 0 Å². The molecule has 2 heteroatoms. The minimum absolute atomic E-state index is 1.08. The Morgan fingerprint density at radius 2 is 1.64 bits per heavy atom. The molecule has 0 N–H and O–H groups in total. The van der Waals surface area contributed by atoms with Crippen molar-refractivity contribution in [3.8, 4) is 0 Å². The van der Waals surface area contributed by atoms with Crippen LogP contribution in [0.3, 0.4) is 0 Å². The van der Waals surface area contributed by atoms with E-state index in [4.69, 9.17) is 0 Å². The zero-order valence-electron chi connectivity index (χ0n) is 6.74. The molecule has 0 atom stereocenters. The van der Waals surface area contributed by atoms with Crippen molar-refractivity contribution in [3.63, 3.8) is 0 Å². The van der Waals surface area contributed by atoms with Crippen LogP contribution >= 0.6 is 0 Å². The van der Waals surface area contributed by atoms with Crippen LogP contribution in [0, 0.1) is 0 Å². The van der Waals surface area contributed by atoms with Gasteiger partial charge in [0.1, 0.15) is 0 Å². The number of hydrogen-bond acceptors (Lipinski definition) is 1. The molecule has 2 nitrogen and oxygen atoms in total. The first-order valence-electron chi connectivity index (χ1n) is 4.28. The van der Waals surface area contributed by atoms with E-state index in [1.807, 2.05) is 0 Å². The molecule has 0 spiro atoms. The molecule has 0 aromatic carbocycles. The standard InChI is InChI=1S/C9H14N2/c1-2-6-10(5-1)9-11-7-3-4-8-11/h1-2,5-6H,3-4,7-9H2. The molecule has 1 aromatic heterocycles. The lowest BCUT2D eigenvalue weighted by molar-refractivity contribution is 0.271. The van der Waals surface area contributed by atoms with Crippen LogP contribution in [-0.4, -0.2) is 22.6 Å². The molecule has 2 heterocycles. The van der Waals surface area contributed by atoms with E-state index in [0.717, 1.165) is 6.67 Å². The van der Waals surface area contributed by atoms with Crippen LogP contribution in [0.2, 0.25) is 0 Å². The number of hydrogen-bond donors (Lipinski definition) is 0. The fourth-order valence-electron chi connectivity index (χ4n) is 1.62. The van der Waals surface area contributed by atoms with E-state index in [1.165, 1.54) is 25.9 Å². The number of likely N-dealkylation sites (tertiary alicyclic amines) is 1. The Morgan fingerprint density at radius 3 is 2.27 bits per heavy atom. The first-order chi connectivity index (χ1) is 5.45. The second-order valence-electron chi connectivity index (χ2n) is 3.16. The fraction of sp³-hybridized carbons (Fsp3) is 0.556. The molecule has 0 unspecified atom stereocenters. The summed E-state index contributed by atoms with van der Waals surface area (Å²) in [5.41, 5.74) is 0. The highest BCUT2D eigenvalue weighted by molar-refractivity contribution is 4.90. The van der Waals surface area contributed by atoms with Gasteiger partial charge in [0.15, 0.2) is 0 Å². The molecule has 0 bridgehead atoms. The molecule has 1 aliphatic rings. The Hall–Kier alpha value is -0.760. The number of nitrogens with zero attached hydrogens (tertiary/aromatic N) is 2. The minimum atomic E-state index is 1.08. The van der Waals surface area contributed by atoms with Gasteiger partial charge in [0.2, 0.25) is 0 Å². The lowest BCUT2D eigenvalue weighted by atomic mass is 10.4. The van der Waals surface area contributed by atoms with Gasteiger partial charge in [0.25, 0.3) is 0 Å². The Labute approximate surface area is 67.4 Å². The van der Waals surface area contributed by atoms with E-state index in [9.17, 15) is 0 Å². The van der Waals surface area contributed by atoms with Crippen molar-refractivity contribution >= 4 is 0 Å². The maximum atomic E-state index is 2.49. The second kappa shape index (κ2) is 3.09. The summed E-state index contributed by atoms with van der Waals surface area (Å²) in [5.74, 6) is 0. The molecular weight excluding hydrogens is 136 g/mol. The van der Waals surface area contributed by atoms with E-state index in [2.05, 4.69) is 34.0 Å². The molecule has 1 aliphatic heterocycles. The topological polar surface area (TPSA) is 8.17 Å². The van der Waals surface area contributed by atoms with E-state index in [-0.39, 0.29) is 0 Å². The highest BCUT2D eigenvalue weighted by atomic mass is 15.2. The van der Waals surface area contributed by atoms with Crippen molar-refractivity contribution in [1.29, 1.82) is 0 Å². The average Bonchev–Trinajstić information content (AvgIpc) is 2.60. The average molecular weight is 150 g/mol. The summed E-state index contributed by atoms with van der Waals surface area (Å²) >= 11 is 0. The van der Waals surface area contributed by atoms with Gasteiger partial charge in [-0.3, -0.25) is 4.90 Å². The Balaban J connectivity index is 1.90. The summed E-state index contributed by atoms with van der Waals surface area (Å²) in [6, 6.07) is 4.16. The summed E-state index contributed by atoms with van der Waals surface area (Å²) < 4.78 is 2.23. The second-order valence-corrected chi connectivity index (χ2v) is 3.16. The van der Waals surface area contributed by atoms with Crippen molar-refractivity contribution in [2.45, 2.75) is 19.5 Å². The molecule has 1 aromatic rings. The third-order valence-electron chi connectivity index (χ3n) is 2.23. The van der Waals surface area contributed by atoms with E-state index in [0.29, 0.717) is 0 Å². The predicted octanol–water partition coefficient (Wildman–Crippen LogP) is 1.54. The van der Waals surface area contributed by atoms with Crippen LogP contribution in [0.15, 0.2) is 24.5 Å². The quantitative estimate of drug-likeness (QED) is 0.621. The predicted molar refractivity (Wildman–Crippen MR) is 45.2 cm³/mol. The maximum Gasteiger partial charge on any atom is 0.0744 e. The lowest BCUT2D eigenvalue weighted by Gasteiger charge is -2.14. The van der Waals surface area contributed by atoms with Gasteiger partial charge in [-0.15, -0.1) is 0 Å². The Bertz CT molecular complexity index is 197. The molecule has 0 saturated carbocycles. The maximum absolute atomic E-state index is 2.49. The smallest absolute Gasteiger partial charge is 0.0744 e. The molecular formula is C9H14N2. The van der Waals surface area contributed by atoms with Gasteiger partial charge in [-0.25, -0.2) is 0 Å². The van der Waals surface area contributed by atoms with Gasteiger partial charge in [0, 0.05) is 12.4 Å². The van der Waals surface area contributed by atoms with Gasteiger partial charge in [0.05, 0.1) is 6.67 Å². The third kappa shape index (κ3) is 1.63. The fourth-order valence-corrected chi connectivity index (χ4v) is 1.62. The largest absolute Gasteiger partial charge is 0.341 e. The van der Waals surface area contributed by atoms with Crippen LogP contribution in [0.4, 0.5) is 0 Å². The zero-order chi connectivity index (χ0) is 7.52. The molecule has 0 amide bonds. The summed E-state index contributed by atoms with van der Waals surface area (Å²) in [6.45, 7) is 3.63. The van der Waals surface area contributed by atoms with Crippen LogP contribution in [0.1, 0.15) is 12.8 Å². The first kappa shape index (κ1) is 6.92. The highest BCUT2D eigenvalue weighted by Crippen LogP contribution is 2.08. The van der Waals surface area contributed by atoms with Crippen LogP contribution in [0.25, 0.3) is 0 Å². The summed E-state index contributed by atoms with van der Waals surface area (Å²) in [4.78, 5) is 2.49. The molecule has 0 radical (unpaired) electrons. The van der Waals surface area contributed by atoms with Crippen LogP contribution in [0.5, 0.6) is 0 Å². The van der Waals surface area contributed by atoms with Crippen molar-refractivity contribution in [2.24, 2.45) is 0 Å². The van der Waals surface area contributed by atoms with Crippen molar-refractivity contribution in [3.05, 3.63) is 24.5 Å². The number of aromatic nitrogens is 1. The lowest BCUT2D eigenvalue weighted by Crippen LogP contribution is -2.21. The zero-order valence-corrected chi connectivity index (χ0v) is 6.74. The SMILES string of the molecule is c1ccn(CN2CCCC2)c1. The molecule has 2 rings (SSSR count). The first-order valence-corrected chi connectivity index (χ1v) is 4.28. The molecule has 0 aliphatic carbocycles. The van der Waals surface area contributed by atoms with Gasteiger partial charge in [-0.2, -0.15) is 0 Å².